The Hall–Kier alpha value is -14.5. The van der Waals surface area contributed by atoms with Crippen molar-refractivity contribution in [3.8, 4) is 0 Å². The minimum atomic E-state index is 0.615. The lowest BCUT2D eigenvalue weighted by atomic mass is 10.2. The second kappa shape index (κ2) is 30.9. The van der Waals surface area contributed by atoms with E-state index < -0.39 is 0 Å². The highest BCUT2D eigenvalue weighted by Crippen LogP contribution is 2.09. The second-order valence-electron chi connectivity index (χ2n) is 14.3. The van der Waals surface area contributed by atoms with E-state index in [9.17, 15) is 0 Å². The molecule has 0 aromatic heterocycles. The molecule has 17 aromatic rings. The van der Waals surface area contributed by atoms with Crippen LogP contribution in [0.2, 0.25) is 0 Å². The zero-order chi connectivity index (χ0) is 53.6. The standard InChI is InChI=1S/C78H18/c1-7-19-31-43-73-61-74-44-32-20-8-3-15-27-39-69-53-57-71(58-54-69)41-29-17-5-11-23-35-47-77-64-76(46-34-22-10-2-14-26-38-68-51-49-67(50-52-68)37-25-13-1)65-78(66-77)48-36-24-12-6-18-30-42-72-59-55-70(56-60-72)40-28-16-4-9-21-33-45-75(62-73)63-74/h49-66H. The van der Waals surface area contributed by atoms with Crippen molar-refractivity contribution >= 4 is 64.6 Å². The molecule has 0 atom stereocenters. The lowest BCUT2D eigenvalue weighted by molar-refractivity contribution is 1.81. The molecule has 12 bridgehead atoms. The van der Waals surface area contributed by atoms with Crippen LogP contribution < -0.4 is 0 Å². The van der Waals surface area contributed by atoms with Gasteiger partial charge in [-0.3, -0.25) is 0 Å². The topological polar surface area (TPSA) is 0 Å². The zero-order valence-corrected chi connectivity index (χ0v) is 40.4. The Morgan fingerprint density at radius 1 is 0.103 bits per heavy atom. The third kappa shape index (κ3) is 20.2. The van der Waals surface area contributed by atoms with Gasteiger partial charge < -0.3 is 0 Å². The smallest absolute Gasteiger partial charge is 0.0280 e. The molecule has 0 heterocycles. The summed E-state index contributed by atoms with van der Waals surface area (Å²) in [4.78, 5) is 0. The molecule has 78 heavy (non-hydrogen) atoms. The number of rotatable bonds is 0. The van der Waals surface area contributed by atoms with Gasteiger partial charge in [-0.25, -0.2) is 0 Å². The Labute approximate surface area is 462 Å². The largest absolute Gasteiger partial charge is 0.0528 e. The third-order valence-electron chi connectivity index (χ3n) is 8.88. The summed E-state index contributed by atoms with van der Waals surface area (Å²) in [6, 6.07) is 168. The first kappa shape index (κ1) is 51.4. The van der Waals surface area contributed by atoms with Gasteiger partial charge in [0.1, 0.15) is 0 Å². The van der Waals surface area contributed by atoms with E-state index in [1.807, 2.05) is 72.8 Å². The third-order valence-corrected chi connectivity index (χ3v) is 8.88. The summed E-state index contributed by atoms with van der Waals surface area (Å²) in [6.45, 7) is 0. The van der Waals surface area contributed by atoms with Crippen molar-refractivity contribution < 1.29 is 0 Å². The number of hydrogen-bond acceptors (Lipinski definition) is 0. The van der Waals surface area contributed by atoms with Crippen molar-refractivity contribution in [2.45, 2.75) is 0 Å². The highest BCUT2D eigenvalue weighted by molar-refractivity contribution is 5.76. The normalized spacial score (nSPS) is 7.08. The predicted octanol–water partition coefficient (Wildman–Crippen LogP) is 12.5. The molecule has 0 saturated carbocycles. The van der Waals surface area contributed by atoms with Crippen LogP contribution in [0, 0.1) is 291 Å². The highest BCUT2D eigenvalue weighted by Gasteiger charge is 1.88. The van der Waals surface area contributed by atoms with Gasteiger partial charge >= 0.3 is 0 Å². The Morgan fingerprint density at radius 2 is 0.192 bits per heavy atom. The molecule has 330 valence electrons. The minimum Gasteiger partial charge on any atom is -0.0528 e. The Morgan fingerprint density at radius 3 is 0.308 bits per heavy atom. The summed E-state index contributed by atoms with van der Waals surface area (Å²) in [5.41, 5.74) is 0. The van der Waals surface area contributed by atoms with E-state index in [4.69, 9.17) is 0 Å². The van der Waals surface area contributed by atoms with Crippen LogP contribution in [0.5, 0.6) is 0 Å². The first-order valence-corrected chi connectivity index (χ1v) is 22.4. The van der Waals surface area contributed by atoms with Crippen LogP contribution in [0.3, 0.4) is 0 Å². The van der Waals surface area contributed by atoms with Crippen LogP contribution in [0.1, 0.15) is 0 Å². The van der Waals surface area contributed by atoms with Crippen LogP contribution in [0.25, 0.3) is 64.6 Å². The molecule has 0 amide bonds. The summed E-state index contributed by atoms with van der Waals surface area (Å²) in [7, 11) is 0. The average Bonchev–Trinajstić information content (AvgIpc) is 3.45. The molecular weight excluding hydrogens is 937 g/mol. The van der Waals surface area contributed by atoms with Crippen molar-refractivity contribution in [3.63, 3.8) is 0 Å². The average molecular weight is 955 g/mol. The van der Waals surface area contributed by atoms with Gasteiger partial charge in [0.2, 0.25) is 0 Å². The van der Waals surface area contributed by atoms with E-state index in [-0.39, 0.29) is 0 Å². The van der Waals surface area contributed by atoms with Gasteiger partial charge in [-0.05, 0) is 328 Å². The lowest BCUT2D eigenvalue weighted by Crippen LogP contribution is -1.64. The molecule has 0 unspecified atom stereocenters. The van der Waals surface area contributed by atoms with E-state index in [1.165, 1.54) is 0 Å². The maximum absolute atomic E-state index is 3.02. The molecule has 0 aliphatic rings. The van der Waals surface area contributed by atoms with E-state index in [0.717, 1.165) is 32.3 Å². The Balaban J connectivity index is 1.32. The first-order chi connectivity index (χ1) is 38.7. The van der Waals surface area contributed by atoms with E-state index >= 15 is 0 Å². The van der Waals surface area contributed by atoms with Crippen LogP contribution in [-0.4, -0.2) is 0 Å². The molecule has 0 heteroatoms. The predicted molar refractivity (Wildman–Crippen MR) is 287 cm³/mol. The van der Waals surface area contributed by atoms with Gasteiger partial charge in [0, 0.05) is 64.6 Å². The van der Waals surface area contributed by atoms with Crippen LogP contribution >= 0.6 is 0 Å². The molecular formula is C78H18. The van der Waals surface area contributed by atoms with Crippen molar-refractivity contribution in [3.05, 3.63) is 400 Å². The van der Waals surface area contributed by atoms with Gasteiger partial charge in [0.15, 0.2) is 0 Å². The molecule has 0 N–H and O–H groups in total. The summed E-state index contributed by atoms with van der Waals surface area (Å²) >= 11 is 0. The maximum Gasteiger partial charge on any atom is 0.0280 e. The highest BCUT2D eigenvalue weighted by atomic mass is 13.9. The monoisotopic (exact) mass is 954 g/mol. The fourth-order valence-electron chi connectivity index (χ4n) is 5.59. The molecule has 17 rings (SSSR count). The Bertz CT molecular complexity index is 3200. The Kier molecular flexibility index (Phi) is 20.4. The van der Waals surface area contributed by atoms with Gasteiger partial charge in [-0.15, -0.1) is 0 Å². The molecule has 17 aromatic carbocycles. The van der Waals surface area contributed by atoms with Crippen molar-refractivity contribution in [2.24, 2.45) is 0 Å². The van der Waals surface area contributed by atoms with E-state index in [0.29, 0.717) is 32.3 Å². The molecule has 0 nitrogen and oxygen atoms in total. The molecule has 0 aliphatic carbocycles. The summed E-state index contributed by atoms with van der Waals surface area (Å²) in [5, 5.41) is 8.20. The fourth-order valence-corrected chi connectivity index (χ4v) is 5.59. The summed E-state index contributed by atoms with van der Waals surface area (Å²) in [5.74, 6) is 0. The van der Waals surface area contributed by atoms with Crippen molar-refractivity contribution in [2.75, 3.05) is 0 Å². The van der Waals surface area contributed by atoms with Crippen molar-refractivity contribution in [1.82, 2.24) is 0 Å². The van der Waals surface area contributed by atoms with Crippen molar-refractivity contribution in [1.29, 1.82) is 0 Å². The van der Waals surface area contributed by atoms with E-state index in [2.05, 4.69) is 291 Å². The molecule has 0 saturated heterocycles. The minimum absolute atomic E-state index is 0.615. The first-order valence-electron chi connectivity index (χ1n) is 22.4. The molecule has 0 aliphatic heterocycles. The number of hydrogen-bond donors (Lipinski definition) is 0. The van der Waals surface area contributed by atoms with Crippen LogP contribution in [0.15, 0.2) is 109 Å². The fraction of sp³-hybridized carbons (Fsp3) is 0. The molecule has 0 radical (unpaired) electrons. The van der Waals surface area contributed by atoms with Crippen LogP contribution in [-0.2, 0) is 0 Å². The molecule has 0 fully saturated rings. The lowest BCUT2D eigenvalue weighted by Gasteiger charge is -1.86. The summed E-state index contributed by atoms with van der Waals surface area (Å²) in [6.07, 6.45) is 0. The summed E-state index contributed by atoms with van der Waals surface area (Å²) < 4.78 is 0. The van der Waals surface area contributed by atoms with Gasteiger partial charge in [0.05, 0.1) is 0 Å². The van der Waals surface area contributed by atoms with Crippen LogP contribution in [0.4, 0.5) is 0 Å². The van der Waals surface area contributed by atoms with Gasteiger partial charge in [-0.1, -0.05) is 72.8 Å². The molecule has 0 spiro atoms. The zero-order valence-electron chi connectivity index (χ0n) is 40.4. The van der Waals surface area contributed by atoms with Gasteiger partial charge in [-0.2, -0.15) is 0 Å². The maximum atomic E-state index is 3.02. The van der Waals surface area contributed by atoms with E-state index in [1.54, 1.807) is 36.4 Å². The SMILES string of the molecule is c1c#cc#cc2cc3c#cc#cc#cc#cc4ccc(c#cc#cc#cc#cc5cc(c#cc#cc#cc#cc6ccc(c#cc#1)cc6)cc(c#cc#cc#cc#cc1ccc(c#cc#cc#cc#cc(c2)c3)cc1)c5)cc4. The van der Waals surface area contributed by atoms with Gasteiger partial charge in [0.25, 0.3) is 0 Å². The number of benzene rings is 5. The second-order valence-corrected chi connectivity index (χ2v) is 14.3. The quantitative estimate of drug-likeness (QED) is 0.142.